The zero-order valence-electron chi connectivity index (χ0n) is 18.1. The van der Waals surface area contributed by atoms with E-state index in [0.29, 0.717) is 24.4 Å². The summed E-state index contributed by atoms with van der Waals surface area (Å²) in [4.78, 5) is 21.7. The van der Waals surface area contributed by atoms with Gasteiger partial charge in [0.25, 0.3) is 0 Å². The first kappa shape index (κ1) is 20.7. The summed E-state index contributed by atoms with van der Waals surface area (Å²) in [5.74, 6) is 1.11. The summed E-state index contributed by atoms with van der Waals surface area (Å²) < 4.78 is 19.2. The van der Waals surface area contributed by atoms with Crippen molar-refractivity contribution in [2.45, 2.75) is 43.3 Å². The number of pyridine rings is 1. The van der Waals surface area contributed by atoms with Crippen molar-refractivity contribution in [1.82, 2.24) is 15.2 Å². The quantitative estimate of drug-likeness (QED) is 0.751. The van der Waals surface area contributed by atoms with Gasteiger partial charge in [0, 0.05) is 43.0 Å². The Morgan fingerprint density at radius 2 is 2.03 bits per heavy atom. The molecular weight excluding hydrogens is 409 g/mol. The summed E-state index contributed by atoms with van der Waals surface area (Å²) in [5, 5.41) is 12.4. The van der Waals surface area contributed by atoms with Crippen LogP contribution in [-0.2, 0) is 10.3 Å². The van der Waals surface area contributed by atoms with E-state index in [1.165, 1.54) is 19.2 Å². The highest BCUT2D eigenvalue weighted by Crippen LogP contribution is 2.46. The smallest absolute Gasteiger partial charge is 0.236 e. The van der Waals surface area contributed by atoms with Gasteiger partial charge < -0.3 is 14.5 Å². The van der Waals surface area contributed by atoms with E-state index in [9.17, 15) is 9.18 Å². The third-order valence-electron chi connectivity index (χ3n) is 6.96. The van der Waals surface area contributed by atoms with Crippen LogP contribution < -0.4 is 15.0 Å². The Hall–Kier alpha value is -3.18. The average molecular weight is 436 g/mol. The summed E-state index contributed by atoms with van der Waals surface area (Å²) in [6.45, 7) is 1.56. The molecule has 32 heavy (non-hydrogen) atoms. The molecule has 1 saturated carbocycles. The lowest BCUT2D eigenvalue weighted by Crippen LogP contribution is -2.57. The van der Waals surface area contributed by atoms with Gasteiger partial charge in [0.05, 0.1) is 19.2 Å². The van der Waals surface area contributed by atoms with Crippen molar-refractivity contribution in [2.75, 3.05) is 31.6 Å². The van der Waals surface area contributed by atoms with Crippen LogP contribution in [0.4, 0.5) is 10.2 Å². The van der Waals surface area contributed by atoms with E-state index in [1.54, 1.807) is 12.3 Å². The Morgan fingerprint density at radius 1 is 1.28 bits per heavy atom. The summed E-state index contributed by atoms with van der Waals surface area (Å²) in [6, 6.07) is 11.0. The molecule has 7 nitrogen and oxygen atoms in total. The molecule has 2 aliphatic heterocycles. The van der Waals surface area contributed by atoms with Crippen LogP contribution in [0.2, 0.25) is 0 Å². The number of fused-ring (bicyclic) bond motifs is 2. The number of hydrogen-bond donors (Lipinski definition) is 1. The molecule has 3 fully saturated rings. The van der Waals surface area contributed by atoms with E-state index < -0.39 is 0 Å². The highest BCUT2D eigenvalue weighted by Gasteiger charge is 2.46. The maximum Gasteiger partial charge on any atom is 0.236 e. The van der Waals surface area contributed by atoms with Gasteiger partial charge in [-0.2, -0.15) is 5.26 Å². The third kappa shape index (κ3) is 3.78. The number of piperazine rings is 1. The van der Waals surface area contributed by atoms with Crippen molar-refractivity contribution in [3.8, 4) is 11.8 Å². The van der Waals surface area contributed by atoms with E-state index in [-0.39, 0.29) is 35.9 Å². The van der Waals surface area contributed by atoms with E-state index in [2.05, 4.69) is 21.3 Å². The van der Waals surface area contributed by atoms with Crippen LogP contribution in [0, 0.1) is 17.1 Å². The van der Waals surface area contributed by atoms with Gasteiger partial charge in [-0.3, -0.25) is 10.1 Å². The van der Waals surface area contributed by atoms with Gasteiger partial charge in [-0.1, -0.05) is 0 Å². The first-order valence-corrected chi connectivity index (χ1v) is 11.0. The Balaban J connectivity index is 1.22. The second-order valence-corrected chi connectivity index (χ2v) is 8.92. The molecule has 8 heteroatoms. The monoisotopic (exact) mass is 435 g/mol. The van der Waals surface area contributed by atoms with Crippen molar-refractivity contribution in [3.63, 3.8) is 0 Å². The number of nitrogens with one attached hydrogen (secondary N) is 1. The van der Waals surface area contributed by atoms with E-state index in [1.807, 2.05) is 17.0 Å². The van der Waals surface area contributed by atoms with Gasteiger partial charge in [-0.25, -0.2) is 9.37 Å². The topological polar surface area (TPSA) is 81.5 Å². The van der Waals surface area contributed by atoms with Crippen LogP contribution in [0.1, 0.15) is 36.8 Å². The van der Waals surface area contributed by atoms with Crippen LogP contribution in [0.5, 0.6) is 5.75 Å². The SMILES string of the molecule is COc1cc(F)cc(C2(NCC(=O)N3CC4CCC(C3)N4c3ccc(C#N)cn3)CC2)c1. The van der Waals surface area contributed by atoms with Crippen LogP contribution in [0.3, 0.4) is 0 Å². The fourth-order valence-electron chi connectivity index (χ4n) is 5.09. The van der Waals surface area contributed by atoms with Gasteiger partial charge in [-0.15, -0.1) is 0 Å². The third-order valence-corrected chi connectivity index (χ3v) is 6.96. The number of nitrogens with zero attached hydrogens (tertiary/aromatic N) is 4. The van der Waals surface area contributed by atoms with Gasteiger partial charge in [0.15, 0.2) is 0 Å². The highest BCUT2D eigenvalue weighted by atomic mass is 19.1. The molecule has 3 heterocycles. The number of likely N-dealkylation sites (tertiary alicyclic amines) is 1. The molecule has 3 aliphatic rings. The number of hydrogen-bond acceptors (Lipinski definition) is 6. The number of nitriles is 1. The largest absolute Gasteiger partial charge is 0.497 e. The maximum absolute atomic E-state index is 14.0. The van der Waals surface area contributed by atoms with E-state index in [0.717, 1.165) is 37.1 Å². The number of benzene rings is 1. The number of rotatable bonds is 6. The fourth-order valence-corrected chi connectivity index (χ4v) is 5.09. The normalized spacial score (nSPS) is 23.0. The number of methoxy groups -OCH3 is 1. The van der Waals surface area contributed by atoms with Crippen molar-refractivity contribution in [3.05, 3.63) is 53.5 Å². The molecule has 2 aromatic rings. The van der Waals surface area contributed by atoms with Crippen LogP contribution >= 0.6 is 0 Å². The summed E-state index contributed by atoms with van der Waals surface area (Å²) >= 11 is 0. The van der Waals surface area contributed by atoms with Gasteiger partial charge >= 0.3 is 0 Å². The molecule has 0 spiro atoms. The lowest BCUT2D eigenvalue weighted by molar-refractivity contribution is -0.131. The molecule has 1 aliphatic carbocycles. The first-order chi connectivity index (χ1) is 15.5. The van der Waals surface area contributed by atoms with Gasteiger partial charge in [-0.05, 0) is 55.5 Å². The van der Waals surface area contributed by atoms with Crippen LogP contribution in [0.25, 0.3) is 0 Å². The maximum atomic E-state index is 14.0. The molecule has 0 radical (unpaired) electrons. The number of aromatic nitrogens is 1. The molecule has 2 bridgehead atoms. The van der Waals surface area contributed by atoms with E-state index in [4.69, 9.17) is 10.00 Å². The van der Waals surface area contributed by atoms with Crippen LogP contribution in [-0.4, -0.2) is 54.6 Å². The minimum atomic E-state index is -0.349. The molecule has 1 aromatic carbocycles. The number of carbonyl (C=O) groups is 1. The lowest BCUT2D eigenvalue weighted by atomic mass is 10.0. The first-order valence-electron chi connectivity index (χ1n) is 11.0. The average Bonchev–Trinajstić information content (AvgIpc) is 3.56. The Morgan fingerprint density at radius 3 is 2.62 bits per heavy atom. The molecular formula is C24H26FN5O2. The van der Waals surface area contributed by atoms with Crippen molar-refractivity contribution in [2.24, 2.45) is 0 Å². The predicted molar refractivity (Wildman–Crippen MR) is 117 cm³/mol. The van der Waals surface area contributed by atoms with Crippen LogP contribution in [0.15, 0.2) is 36.5 Å². The number of anilines is 1. The molecule has 1 N–H and O–H groups in total. The van der Waals surface area contributed by atoms with Crippen molar-refractivity contribution >= 4 is 11.7 Å². The zero-order valence-corrected chi connectivity index (χ0v) is 18.1. The standard InChI is InChI=1S/C24H26FN5O2/c1-32-21-9-17(8-18(25)10-21)24(6-7-24)28-13-23(31)29-14-19-3-4-20(15-29)30(19)22-5-2-16(11-26)12-27-22/h2,5,8-10,12,19-20,28H,3-4,6-7,13-15H2,1H3. The molecule has 5 rings (SSSR count). The predicted octanol–water partition coefficient (Wildman–Crippen LogP) is 2.56. The second-order valence-electron chi connectivity index (χ2n) is 8.92. The lowest BCUT2D eigenvalue weighted by Gasteiger charge is -2.42. The van der Waals surface area contributed by atoms with Gasteiger partial charge in [0.1, 0.15) is 23.5 Å². The minimum absolute atomic E-state index is 0.0731. The Labute approximate surface area is 186 Å². The molecule has 2 saturated heterocycles. The highest BCUT2D eigenvalue weighted by molar-refractivity contribution is 5.79. The molecule has 2 atom stereocenters. The molecule has 1 amide bonds. The number of carbonyl (C=O) groups excluding carboxylic acids is 1. The Kier molecular flexibility index (Phi) is 5.22. The van der Waals surface area contributed by atoms with Crippen molar-refractivity contribution in [1.29, 1.82) is 5.26 Å². The molecule has 1 aromatic heterocycles. The summed E-state index contributed by atoms with van der Waals surface area (Å²) in [6.07, 6.45) is 5.40. The second kappa shape index (κ2) is 8.06. The summed E-state index contributed by atoms with van der Waals surface area (Å²) in [5.41, 5.74) is 1.03. The minimum Gasteiger partial charge on any atom is -0.497 e. The number of halogens is 1. The number of amides is 1. The van der Waals surface area contributed by atoms with Gasteiger partial charge in [0.2, 0.25) is 5.91 Å². The van der Waals surface area contributed by atoms with Crippen molar-refractivity contribution < 1.29 is 13.9 Å². The molecule has 166 valence electrons. The number of ether oxygens (including phenoxy) is 1. The fraction of sp³-hybridized carbons (Fsp3) is 0.458. The summed E-state index contributed by atoms with van der Waals surface area (Å²) in [7, 11) is 1.52. The molecule has 2 unspecified atom stereocenters. The zero-order chi connectivity index (χ0) is 22.3. The van der Waals surface area contributed by atoms with E-state index >= 15 is 0 Å². The Bertz CT molecular complexity index is 1050.